The maximum absolute atomic E-state index is 4.37. The largest absolute Gasteiger partial charge is 0.341 e. The number of thiophene rings is 1. The molecular weight excluding hydrogens is 180 g/mol. The number of nitrogens with one attached hydrogen (secondary N) is 1. The molecule has 0 aliphatic heterocycles. The highest BCUT2D eigenvalue weighted by Gasteiger charge is 2.25. The molecule has 66 valence electrons. The van der Waals surface area contributed by atoms with Gasteiger partial charge in [-0.2, -0.15) is 0 Å². The molecule has 1 aliphatic rings. The third kappa shape index (κ3) is 1.29. The van der Waals surface area contributed by atoms with Gasteiger partial charge in [0.2, 0.25) is 0 Å². The van der Waals surface area contributed by atoms with E-state index >= 15 is 0 Å². The monoisotopic (exact) mass is 190 g/mol. The van der Waals surface area contributed by atoms with Gasteiger partial charge in [0.15, 0.2) is 0 Å². The molecule has 13 heavy (non-hydrogen) atoms. The van der Waals surface area contributed by atoms with Crippen molar-refractivity contribution in [2.75, 3.05) is 0 Å². The molecule has 1 N–H and O–H groups in total. The first kappa shape index (κ1) is 7.33. The van der Waals surface area contributed by atoms with Crippen molar-refractivity contribution in [1.82, 2.24) is 9.97 Å². The minimum Gasteiger partial charge on any atom is -0.341 e. The van der Waals surface area contributed by atoms with Crippen LogP contribution in [-0.4, -0.2) is 9.97 Å². The van der Waals surface area contributed by atoms with Crippen LogP contribution in [0.25, 0.3) is 10.7 Å². The highest BCUT2D eigenvalue weighted by molar-refractivity contribution is 7.13. The van der Waals surface area contributed by atoms with Crippen molar-refractivity contribution in [1.29, 1.82) is 0 Å². The van der Waals surface area contributed by atoms with E-state index in [9.17, 15) is 0 Å². The molecule has 1 fully saturated rings. The van der Waals surface area contributed by atoms with Gasteiger partial charge in [0, 0.05) is 17.8 Å². The zero-order valence-corrected chi connectivity index (χ0v) is 7.97. The molecule has 3 rings (SSSR count). The van der Waals surface area contributed by atoms with Crippen LogP contribution >= 0.6 is 11.3 Å². The molecule has 0 spiro atoms. The fourth-order valence-electron chi connectivity index (χ4n) is 1.48. The van der Waals surface area contributed by atoms with E-state index in [-0.39, 0.29) is 0 Å². The lowest BCUT2D eigenvalue weighted by Gasteiger charge is -1.89. The number of aromatic nitrogens is 2. The molecule has 2 aromatic rings. The van der Waals surface area contributed by atoms with Crippen LogP contribution in [0.3, 0.4) is 0 Å². The zero-order chi connectivity index (χ0) is 8.67. The van der Waals surface area contributed by atoms with Gasteiger partial charge in [0.1, 0.15) is 5.82 Å². The van der Waals surface area contributed by atoms with Gasteiger partial charge in [0.05, 0.1) is 4.88 Å². The highest BCUT2D eigenvalue weighted by atomic mass is 32.1. The lowest BCUT2D eigenvalue weighted by Crippen LogP contribution is -1.77. The first-order valence-electron chi connectivity index (χ1n) is 4.52. The second-order valence-corrected chi connectivity index (χ2v) is 4.39. The quantitative estimate of drug-likeness (QED) is 0.774. The Kier molecular flexibility index (Phi) is 1.52. The van der Waals surface area contributed by atoms with E-state index in [1.807, 2.05) is 6.20 Å². The summed E-state index contributed by atoms with van der Waals surface area (Å²) in [6.45, 7) is 0. The molecule has 0 bridgehead atoms. The number of imidazole rings is 1. The molecular formula is C10H10N2S. The van der Waals surface area contributed by atoms with Gasteiger partial charge in [-0.3, -0.25) is 0 Å². The third-order valence-corrected chi connectivity index (χ3v) is 3.24. The number of hydrogen-bond acceptors (Lipinski definition) is 2. The minimum absolute atomic E-state index is 0.765. The van der Waals surface area contributed by atoms with Gasteiger partial charge in [-0.25, -0.2) is 4.98 Å². The van der Waals surface area contributed by atoms with Crippen molar-refractivity contribution >= 4 is 11.3 Å². The predicted molar refractivity (Wildman–Crippen MR) is 53.9 cm³/mol. The van der Waals surface area contributed by atoms with Crippen LogP contribution in [0.15, 0.2) is 23.7 Å². The summed E-state index contributed by atoms with van der Waals surface area (Å²) >= 11 is 1.73. The first-order valence-corrected chi connectivity index (χ1v) is 5.40. The van der Waals surface area contributed by atoms with Gasteiger partial charge < -0.3 is 4.98 Å². The van der Waals surface area contributed by atoms with Crippen LogP contribution in [0.4, 0.5) is 0 Å². The van der Waals surface area contributed by atoms with Crippen LogP contribution in [0.1, 0.15) is 24.5 Å². The second kappa shape index (κ2) is 2.70. The molecule has 0 radical (unpaired) electrons. The van der Waals surface area contributed by atoms with Gasteiger partial charge in [-0.05, 0) is 24.3 Å². The Hall–Kier alpha value is -1.09. The molecule has 2 heterocycles. The molecule has 1 aliphatic carbocycles. The average molecular weight is 190 g/mol. The van der Waals surface area contributed by atoms with Crippen molar-refractivity contribution in [2.24, 2.45) is 0 Å². The van der Waals surface area contributed by atoms with E-state index in [0.717, 1.165) is 11.7 Å². The van der Waals surface area contributed by atoms with Crippen LogP contribution in [0.5, 0.6) is 0 Å². The summed E-state index contributed by atoms with van der Waals surface area (Å²) in [6, 6.07) is 4.15. The van der Waals surface area contributed by atoms with E-state index < -0.39 is 0 Å². The van der Waals surface area contributed by atoms with Crippen molar-refractivity contribution in [3.63, 3.8) is 0 Å². The average Bonchev–Trinajstić information content (AvgIpc) is 2.72. The maximum Gasteiger partial charge on any atom is 0.147 e. The number of nitrogens with zero attached hydrogens (tertiary/aromatic N) is 1. The van der Waals surface area contributed by atoms with E-state index in [2.05, 4.69) is 27.5 Å². The summed E-state index contributed by atoms with van der Waals surface area (Å²) in [5.41, 5.74) is 1.31. The smallest absolute Gasteiger partial charge is 0.147 e. The van der Waals surface area contributed by atoms with E-state index in [4.69, 9.17) is 0 Å². The Labute approximate surface area is 80.6 Å². The molecule has 3 heteroatoms. The molecule has 0 aromatic carbocycles. The molecule has 0 saturated heterocycles. The molecule has 0 unspecified atom stereocenters. The number of rotatable bonds is 2. The fraction of sp³-hybridized carbons (Fsp3) is 0.300. The topological polar surface area (TPSA) is 28.7 Å². The molecule has 1 saturated carbocycles. The van der Waals surface area contributed by atoms with Crippen LogP contribution in [0, 0.1) is 0 Å². The number of aromatic amines is 1. The SMILES string of the molecule is c1csc(-c2ncc(C3CC3)[nH]2)c1. The Bertz CT molecular complexity index is 398. The molecule has 0 atom stereocenters. The van der Waals surface area contributed by atoms with Crippen LogP contribution < -0.4 is 0 Å². The Morgan fingerprint density at radius 3 is 3.08 bits per heavy atom. The molecule has 0 amide bonds. The summed E-state index contributed by atoms with van der Waals surface area (Å²) in [6.07, 6.45) is 4.63. The lowest BCUT2D eigenvalue weighted by atomic mass is 10.3. The van der Waals surface area contributed by atoms with Crippen molar-refractivity contribution in [3.8, 4) is 10.7 Å². The molecule has 2 nitrogen and oxygen atoms in total. The summed E-state index contributed by atoms with van der Waals surface area (Å²) in [5.74, 6) is 1.79. The number of hydrogen-bond donors (Lipinski definition) is 1. The Morgan fingerprint density at radius 2 is 2.38 bits per heavy atom. The fourth-order valence-corrected chi connectivity index (χ4v) is 2.15. The first-order chi connectivity index (χ1) is 6.43. The number of H-pyrrole nitrogens is 1. The third-order valence-electron chi connectivity index (χ3n) is 2.37. The van der Waals surface area contributed by atoms with Crippen molar-refractivity contribution in [2.45, 2.75) is 18.8 Å². The second-order valence-electron chi connectivity index (χ2n) is 3.44. The van der Waals surface area contributed by atoms with Crippen LogP contribution in [-0.2, 0) is 0 Å². The summed E-state index contributed by atoms with van der Waals surface area (Å²) in [5, 5.41) is 2.08. The lowest BCUT2D eigenvalue weighted by molar-refractivity contribution is 1.05. The van der Waals surface area contributed by atoms with Gasteiger partial charge >= 0.3 is 0 Å². The van der Waals surface area contributed by atoms with E-state index in [0.29, 0.717) is 0 Å². The Balaban J connectivity index is 1.97. The van der Waals surface area contributed by atoms with Gasteiger partial charge in [-0.1, -0.05) is 6.07 Å². The van der Waals surface area contributed by atoms with Crippen molar-refractivity contribution < 1.29 is 0 Å². The van der Waals surface area contributed by atoms with Gasteiger partial charge in [-0.15, -0.1) is 11.3 Å². The highest BCUT2D eigenvalue weighted by Crippen LogP contribution is 2.39. The van der Waals surface area contributed by atoms with Gasteiger partial charge in [0.25, 0.3) is 0 Å². The molecule has 2 aromatic heterocycles. The van der Waals surface area contributed by atoms with Crippen molar-refractivity contribution in [3.05, 3.63) is 29.4 Å². The normalized spacial score (nSPS) is 16.3. The Morgan fingerprint density at radius 1 is 1.46 bits per heavy atom. The summed E-state index contributed by atoms with van der Waals surface area (Å²) < 4.78 is 0. The predicted octanol–water partition coefficient (Wildman–Crippen LogP) is 3.02. The standard InChI is InChI=1S/C10H10N2S/c1-2-9(13-5-1)10-11-6-8(12-10)7-3-4-7/h1-2,5-7H,3-4H2,(H,11,12). The zero-order valence-electron chi connectivity index (χ0n) is 7.16. The summed E-state index contributed by atoms with van der Waals surface area (Å²) in [4.78, 5) is 8.98. The van der Waals surface area contributed by atoms with E-state index in [1.54, 1.807) is 11.3 Å². The van der Waals surface area contributed by atoms with E-state index in [1.165, 1.54) is 23.4 Å². The summed E-state index contributed by atoms with van der Waals surface area (Å²) in [7, 11) is 0. The maximum atomic E-state index is 4.37. The van der Waals surface area contributed by atoms with Crippen LogP contribution in [0.2, 0.25) is 0 Å². The minimum atomic E-state index is 0.765.